The molecule has 0 aromatic carbocycles. The van der Waals surface area contributed by atoms with Crippen LogP contribution < -0.4 is 0 Å². The fourth-order valence-electron chi connectivity index (χ4n) is 11.1. The lowest BCUT2D eigenvalue weighted by atomic mass is 10.0. The lowest BCUT2D eigenvalue weighted by Gasteiger charge is -2.15. The average Bonchev–Trinajstić information content (AvgIpc) is 3.56. The van der Waals surface area contributed by atoms with E-state index in [0.717, 1.165) is 96.3 Å². The van der Waals surface area contributed by atoms with E-state index in [0.29, 0.717) is 12.8 Å². The third-order valence-electron chi connectivity index (χ3n) is 16.7. The number of hydrogen-bond acceptors (Lipinski definition) is 5. The van der Waals surface area contributed by atoms with E-state index in [2.05, 4.69) is 135 Å². The minimum atomic E-state index is -0.779. The number of ether oxygens (including phenoxy) is 2. The summed E-state index contributed by atoms with van der Waals surface area (Å²) < 4.78 is 10.8. The van der Waals surface area contributed by atoms with Crippen molar-refractivity contribution in [3.05, 3.63) is 122 Å². The van der Waals surface area contributed by atoms with E-state index in [4.69, 9.17) is 9.47 Å². The van der Waals surface area contributed by atoms with Gasteiger partial charge in [-0.05, 0) is 109 Å². The number of carbonyl (C=O) groups excluding carboxylic acids is 2. The predicted octanol–water partition coefficient (Wildman–Crippen LogP) is 26.9. The molecule has 0 rings (SSSR count). The molecular weight excluding hydrogens is 1080 g/mol. The molecule has 0 spiro atoms. The van der Waals surface area contributed by atoms with Crippen LogP contribution in [0.3, 0.4) is 0 Å². The average molecular weight is 1220 g/mol. The summed E-state index contributed by atoms with van der Waals surface area (Å²) in [6, 6.07) is 0. The maximum atomic E-state index is 12.4. The molecule has 1 atom stereocenters. The van der Waals surface area contributed by atoms with Gasteiger partial charge in [0.2, 0.25) is 0 Å². The first-order valence-corrected chi connectivity index (χ1v) is 38.1. The van der Waals surface area contributed by atoms with Gasteiger partial charge in [0.1, 0.15) is 6.61 Å². The molecule has 0 aliphatic rings. The molecule has 506 valence electrons. The largest absolute Gasteiger partial charge is 0.462 e. The molecule has 0 heterocycles. The van der Waals surface area contributed by atoms with Crippen molar-refractivity contribution >= 4 is 11.9 Å². The molecule has 0 aliphatic heterocycles. The van der Waals surface area contributed by atoms with E-state index in [1.807, 2.05) is 0 Å². The molecule has 0 aliphatic carbocycles. The van der Waals surface area contributed by atoms with Gasteiger partial charge in [-0.3, -0.25) is 9.59 Å². The van der Waals surface area contributed by atoms with E-state index in [1.54, 1.807) is 0 Å². The van der Waals surface area contributed by atoms with Crippen LogP contribution in [0.4, 0.5) is 0 Å². The number of hydrogen-bond donors (Lipinski definition) is 1. The molecule has 0 aromatic heterocycles. The number of allylic oxidation sites excluding steroid dienone is 20. The van der Waals surface area contributed by atoms with Crippen molar-refractivity contribution in [2.24, 2.45) is 0 Å². The van der Waals surface area contributed by atoms with E-state index in [1.165, 1.54) is 250 Å². The quantitative estimate of drug-likeness (QED) is 0.0373. The molecule has 1 unspecified atom stereocenters. The number of rotatable bonds is 70. The number of aliphatic hydroxyl groups is 1. The Kier molecular flexibility index (Phi) is 74.3. The monoisotopic (exact) mass is 1220 g/mol. The van der Waals surface area contributed by atoms with Gasteiger partial charge < -0.3 is 14.6 Å². The van der Waals surface area contributed by atoms with Crippen molar-refractivity contribution < 1.29 is 24.2 Å². The highest BCUT2D eigenvalue weighted by Crippen LogP contribution is 2.18. The van der Waals surface area contributed by atoms with Gasteiger partial charge in [0, 0.05) is 12.8 Å². The van der Waals surface area contributed by atoms with Gasteiger partial charge >= 0.3 is 11.9 Å². The zero-order chi connectivity index (χ0) is 63.3. The smallest absolute Gasteiger partial charge is 0.306 e. The summed E-state index contributed by atoms with van der Waals surface area (Å²) in [6.07, 6.45) is 114. The topological polar surface area (TPSA) is 72.8 Å². The molecule has 1 N–H and O–H groups in total. The first kappa shape index (κ1) is 84.3. The minimum absolute atomic E-state index is 0.0667. The van der Waals surface area contributed by atoms with Gasteiger partial charge in [0.15, 0.2) is 6.10 Å². The molecule has 0 bridgehead atoms. The molecule has 0 fully saturated rings. The summed E-state index contributed by atoms with van der Waals surface area (Å²) in [6.45, 7) is 4.06. The molecule has 5 heteroatoms. The number of aliphatic hydroxyl groups excluding tert-OH is 1. The SMILES string of the molecule is CC/C=C\C/C=C\C/C=C\C/C=C\C/C=C\C/C=C\C/C=C\C/C=C\C/C=C\CCCCCCCCCCCCCCCC(=O)OC(CO)COC(=O)CCCCCCCCCCCCCCCCCCCCCCC/C=C\CCCCCCCCCC. The van der Waals surface area contributed by atoms with E-state index < -0.39 is 6.10 Å². The summed E-state index contributed by atoms with van der Waals surface area (Å²) in [4.78, 5) is 24.7. The summed E-state index contributed by atoms with van der Waals surface area (Å²) in [7, 11) is 0. The first-order chi connectivity index (χ1) is 43.6. The van der Waals surface area contributed by atoms with Crippen molar-refractivity contribution in [2.75, 3.05) is 13.2 Å². The molecule has 0 radical (unpaired) electrons. The van der Waals surface area contributed by atoms with E-state index >= 15 is 0 Å². The standard InChI is InChI=1S/C83H144O5/c1-3-5-7-9-11-13-15-17-19-21-23-25-27-29-31-33-35-37-38-39-40-41-42-43-44-46-48-50-52-54-56-58-60-62-64-66-68-70-72-74-76-78-83(86)88-81(79-84)80-87-82(85)77-75-73-71-69-67-65-63-61-59-57-55-53-51-49-47-45-36-34-32-30-28-26-24-22-20-18-16-14-12-10-8-6-4-2/h5,7,11,13,17,19,22-25,29,31,35,37,39-40,42-43,46,48,81,84H,3-4,6,8-10,12,14-16,18,20-21,26-28,30,32-34,36,38,41,44-45,47,49-80H2,1-2H3/b7-5-,13-11-,19-17-,24-22-,25-23-,31-29-,37-35-,40-39-,43-42-,48-46-. The molecular formula is C83H144O5. The van der Waals surface area contributed by atoms with Crippen LogP contribution in [0.2, 0.25) is 0 Å². The number of carbonyl (C=O) groups is 2. The maximum Gasteiger partial charge on any atom is 0.306 e. The lowest BCUT2D eigenvalue weighted by molar-refractivity contribution is -0.161. The van der Waals surface area contributed by atoms with Crippen molar-refractivity contribution in [1.29, 1.82) is 0 Å². The van der Waals surface area contributed by atoms with E-state index in [-0.39, 0.29) is 25.2 Å². The second-order valence-electron chi connectivity index (χ2n) is 25.3. The Morgan fingerprint density at radius 2 is 0.489 bits per heavy atom. The Balaban J connectivity index is 3.47. The van der Waals surface area contributed by atoms with Crippen LogP contribution >= 0.6 is 0 Å². The predicted molar refractivity (Wildman–Crippen MR) is 389 cm³/mol. The Morgan fingerprint density at radius 3 is 0.750 bits per heavy atom. The molecule has 0 saturated carbocycles. The Bertz CT molecular complexity index is 1720. The van der Waals surface area contributed by atoms with Gasteiger partial charge in [-0.15, -0.1) is 0 Å². The second kappa shape index (κ2) is 77.5. The van der Waals surface area contributed by atoms with Crippen molar-refractivity contribution in [2.45, 2.75) is 380 Å². The van der Waals surface area contributed by atoms with Crippen LogP contribution in [-0.2, 0) is 19.1 Å². The second-order valence-corrected chi connectivity index (χ2v) is 25.3. The van der Waals surface area contributed by atoms with Crippen molar-refractivity contribution in [1.82, 2.24) is 0 Å². The minimum Gasteiger partial charge on any atom is -0.462 e. The van der Waals surface area contributed by atoms with Crippen LogP contribution in [0.1, 0.15) is 373 Å². The zero-order valence-corrected chi connectivity index (χ0v) is 58.2. The highest BCUT2D eigenvalue weighted by molar-refractivity contribution is 5.70. The van der Waals surface area contributed by atoms with Gasteiger partial charge in [0.25, 0.3) is 0 Å². The highest BCUT2D eigenvalue weighted by atomic mass is 16.6. The number of esters is 2. The summed E-state index contributed by atoms with van der Waals surface area (Å²) >= 11 is 0. The van der Waals surface area contributed by atoms with Gasteiger partial charge in [-0.1, -0.05) is 373 Å². The summed E-state index contributed by atoms with van der Waals surface area (Å²) in [5.41, 5.74) is 0. The van der Waals surface area contributed by atoms with Crippen LogP contribution in [0.5, 0.6) is 0 Å². The Morgan fingerprint density at radius 1 is 0.273 bits per heavy atom. The van der Waals surface area contributed by atoms with Crippen molar-refractivity contribution in [3.63, 3.8) is 0 Å². The normalized spacial score (nSPS) is 12.9. The third-order valence-corrected chi connectivity index (χ3v) is 16.7. The van der Waals surface area contributed by atoms with Crippen molar-refractivity contribution in [3.8, 4) is 0 Å². The van der Waals surface area contributed by atoms with Crippen LogP contribution in [0.15, 0.2) is 122 Å². The Labute approximate surface area is 547 Å². The fourth-order valence-corrected chi connectivity index (χ4v) is 11.1. The van der Waals surface area contributed by atoms with Crippen LogP contribution in [0, 0.1) is 0 Å². The molecule has 0 aromatic rings. The summed E-state index contributed by atoms with van der Waals surface area (Å²) in [5, 5.41) is 9.72. The lowest BCUT2D eigenvalue weighted by Crippen LogP contribution is -2.28. The number of unbranched alkanes of at least 4 members (excludes halogenated alkanes) is 42. The van der Waals surface area contributed by atoms with Gasteiger partial charge in [0.05, 0.1) is 6.61 Å². The molecule has 88 heavy (non-hydrogen) atoms. The summed E-state index contributed by atoms with van der Waals surface area (Å²) in [5.74, 6) is -0.579. The molecule has 0 amide bonds. The first-order valence-electron chi connectivity index (χ1n) is 38.1. The molecule has 5 nitrogen and oxygen atoms in total. The van der Waals surface area contributed by atoms with Crippen LogP contribution in [0.25, 0.3) is 0 Å². The maximum absolute atomic E-state index is 12.4. The fraction of sp³-hybridized carbons (Fsp3) is 0.735. The van der Waals surface area contributed by atoms with Gasteiger partial charge in [-0.2, -0.15) is 0 Å². The van der Waals surface area contributed by atoms with E-state index in [9.17, 15) is 14.7 Å². The Hall–Kier alpha value is -3.70. The van der Waals surface area contributed by atoms with Crippen LogP contribution in [-0.4, -0.2) is 36.4 Å². The molecule has 0 saturated heterocycles. The highest BCUT2D eigenvalue weighted by Gasteiger charge is 2.16. The van der Waals surface area contributed by atoms with Gasteiger partial charge in [-0.25, -0.2) is 0 Å². The zero-order valence-electron chi connectivity index (χ0n) is 58.2. The third kappa shape index (κ3) is 74.8.